The van der Waals surface area contributed by atoms with Crippen molar-refractivity contribution >= 4 is 40.6 Å². The van der Waals surface area contributed by atoms with E-state index in [1.807, 2.05) is 12.1 Å². The number of carbonyl (C=O) groups is 1. The smallest absolute Gasteiger partial charge is 0.244 e. The molecule has 0 bridgehead atoms. The summed E-state index contributed by atoms with van der Waals surface area (Å²) < 4.78 is 17.4. The SMILES string of the molecule is COCCNc1nc(SC(C)C)nc2c1cnn2CCNC(=O)/C=C\c1ccc(OC)c(OC)c1. The van der Waals surface area contributed by atoms with Crippen LogP contribution in [0.2, 0.25) is 0 Å². The zero-order valence-corrected chi connectivity index (χ0v) is 21.5. The Kier molecular flexibility index (Phi) is 9.74. The fourth-order valence-electron chi connectivity index (χ4n) is 3.24. The molecule has 0 fully saturated rings. The van der Waals surface area contributed by atoms with Gasteiger partial charge in [-0.2, -0.15) is 5.10 Å². The molecule has 0 saturated heterocycles. The number of nitrogens with one attached hydrogen (secondary N) is 2. The van der Waals surface area contributed by atoms with Crippen LogP contribution in [0.5, 0.6) is 11.5 Å². The first kappa shape index (κ1) is 26.3. The number of benzene rings is 1. The van der Waals surface area contributed by atoms with Crippen molar-refractivity contribution in [3.05, 3.63) is 36.0 Å². The molecule has 0 aliphatic rings. The molecule has 188 valence electrons. The summed E-state index contributed by atoms with van der Waals surface area (Å²) in [4.78, 5) is 21.7. The van der Waals surface area contributed by atoms with Gasteiger partial charge < -0.3 is 24.8 Å². The van der Waals surface area contributed by atoms with Crippen LogP contribution in [0.15, 0.2) is 35.6 Å². The number of anilines is 1. The highest BCUT2D eigenvalue weighted by molar-refractivity contribution is 7.99. The Labute approximate surface area is 209 Å². The number of thioether (sulfide) groups is 1. The lowest BCUT2D eigenvalue weighted by Gasteiger charge is -2.10. The minimum atomic E-state index is -0.205. The molecule has 2 N–H and O–H groups in total. The van der Waals surface area contributed by atoms with Crippen LogP contribution in [-0.2, 0) is 16.1 Å². The third kappa shape index (κ3) is 7.33. The zero-order chi connectivity index (χ0) is 25.2. The maximum absolute atomic E-state index is 12.3. The highest BCUT2D eigenvalue weighted by Crippen LogP contribution is 2.28. The molecular weight excluding hydrogens is 468 g/mol. The molecule has 2 aromatic heterocycles. The van der Waals surface area contributed by atoms with Crippen molar-refractivity contribution in [1.29, 1.82) is 0 Å². The Morgan fingerprint density at radius 3 is 2.66 bits per heavy atom. The Hall–Kier alpha value is -3.31. The van der Waals surface area contributed by atoms with Gasteiger partial charge >= 0.3 is 0 Å². The van der Waals surface area contributed by atoms with Gasteiger partial charge in [-0.3, -0.25) is 4.79 Å². The first-order valence-electron chi connectivity index (χ1n) is 11.3. The van der Waals surface area contributed by atoms with Gasteiger partial charge in [0.05, 0.1) is 39.0 Å². The number of methoxy groups -OCH3 is 3. The maximum Gasteiger partial charge on any atom is 0.244 e. The number of rotatable bonds is 13. The van der Waals surface area contributed by atoms with E-state index in [9.17, 15) is 4.79 Å². The molecule has 0 radical (unpaired) electrons. The summed E-state index contributed by atoms with van der Waals surface area (Å²) in [6, 6.07) is 5.46. The normalized spacial score (nSPS) is 11.4. The van der Waals surface area contributed by atoms with E-state index in [2.05, 4.69) is 34.6 Å². The van der Waals surface area contributed by atoms with Crippen LogP contribution in [0, 0.1) is 0 Å². The average molecular weight is 501 g/mol. The summed E-state index contributed by atoms with van der Waals surface area (Å²) in [5.74, 6) is 1.76. The van der Waals surface area contributed by atoms with Crippen molar-refractivity contribution in [2.75, 3.05) is 46.3 Å². The highest BCUT2D eigenvalue weighted by atomic mass is 32.2. The van der Waals surface area contributed by atoms with Crippen molar-refractivity contribution in [2.45, 2.75) is 30.8 Å². The molecule has 3 aromatic rings. The molecule has 2 heterocycles. The number of hydrogen-bond donors (Lipinski definition) is 2. The van der Waals surface area contributed by atoms with E-state index < -0.39 is 0 Å². The van der Waals surface area contributed by atoms with Gasteiger partial charge in [-0.15, -0.1) is 0 Å². The zero-order valence-electron chi connectivity index (χ0n) is 20.7. The summed E-state index contributed by atoms with van der Waals surface area (Å²) >= 11 is 1.59. The number of aromatic nitrogens is 4. The van der Waals surface area contributed by atoms with E-state index in [-0.39, 0.29) is 5.91 Å². The summed E-state index contributed by atoms with van der Waals surface area (Å²) in [5.41, 5.74) is 1.55. The minimum Gasteiger partial charge on any atom is -0.493 e. The molecule has 3 rings (SSSR count). The molecule has 0 spiro atoms. The third-order valence-electron chi connectivity index (χ3n) is 4.87. The van der Waals surface area contributed by atoms with Crippen molar-refractivity contribution < 1.29 is 19.0 Å². The van der Waals surface area contributed by atoms with Gasteiger partial charge in [-0.05, 0) is 23.8 Å². The van der Waals surface area contributed by atoms with Gasteiger partial charge in [0.25, 0.3) is 0 Å². The van der Waals surface area contributed by atoms with Crippen LogP contribution in [0.4, 0.5) is 5.82 Å². The van der Waals surface area contributed by atoms with Gasteiger partial charge in [0, 0.05) is 31.5 Å². The molecule has 10 nitrogen and oxygen atoms in total. The lowest BCUT2D eigenvalue weighted by atomic mass is 10.2. The van der Waals surface area contributed by atoms with Crippen molar-refractivity contribution in [1.82, 2.24) is 25.1 Å². The molecule has 0 aliphatic heterocycles. The first-order valence-corrected chi connectivity index (χ1v) is 12.1. The highest BCUT2D eigenvalue weighted by Gasteiger charge is 2.14. The van der Waals surface area contributed by atoms with Crippen LogP contribution in [0.1, 0.15) is 19.4 Å². The van der Waals surface area contributed by atoms with Crippen molar-refractivity contribution in [2.24, 2.45) is 0 Å². The van der Waals surface area contributed by atoms with E-state index >= 15 is 0 Å². The Morgan fingerprint density at radius 1 is 1.14 bits per heavy atom. The molecule has 1 aromatic carbocycles. The molecule has 0 atom stereocenters. The van der Waals surface area contributed by atoms with Gasteiger partial charge in [-0.25, -0.2) is 14.6 Å². The Bertz CT molecular complexity index is 1160. The molecular formula is C24H32N6O4S. The molecule has 1 amide bonds. The summed E-state index contributed by atoms with van der Waals surface area (Å²) in [5, 5.41) is 12.5. The fourth-order valence-corrected chi connectivity index (χ4v) is 3.95. The minimum absolute atomic E-state index is 0.205. The fraction of sp³-hybridized carbons (Fsp3) is 0.417. The molecule has 0 aliphatic carbocycles. The van der Waals surface area contributed by atoms with Gasteiger partial charge in [-0.1, -0.05) is 31.7 Å². The van der Waals surface area contributed by atoms with Crippen LogP contribution in [-0.4, -0.2) is 71.9 Å². The standard InChI is InChI=1S/C24H32N6O4S/c1-16(2)35-24-28-22(26-11-13-32-3)18-15-27-30(23(18)29-24)12-10-25-21(31)9-7-17-6-8-19(33-4)20(14-17)34-5/h6-9,14-16H,10-13H2,1-5H3,(H,25,31)(H,26,28,29)/b9-7-. The largest absolute Gasteiger partial charge is 0.493 e. The number of amides is 1. The third-order valence-corrected chi connectivity index (χ3v) is 5.74. The quantitative estimate of drug-likeness (QED) is 0.158. The summed E-state index contributed by atoms with van der Waals surface area (Å²) in [7, 11) is 4.82. The molecule has 11 heteroatoms. The van der Waals surface area contributed by atoms with Crippen LogP contribution in [0.25, 0.3) is 17.1 Å². The van der Waals surface area contributed by atoms with E-state index in [1.54, 1.807) is 56.1 Å². The predicted octanol–water partition coefficient (Wildman–Crippen LogP) is 3.23. The second-order valence-electron chi connectivity index (χ2n) is 7.78. The van der Waals surface area contributed by atoms with Crippen LogP contribution >= 0.6 is 11.8 Å². The first-order chi connectivity index (χ1) is 16.9. The Morgan fingerprint density at radius 2 is 1.94 bits per heavy atom. The second-order valence-corrected chi connectivity index (χ2v) is 9.33. The lowest BCUT2D eigenvalue weighted by Crippen LogP contribution is -2.25. The van der Waals surface area contributed by atoms with Gasteiger partial charge in [0.15, 0.2) is 22.3 Å². The number of hydrogen-bond acceptors (Lipinski definition) is 9. The number of fused-ring (bicyclic) bond motifs is 1. The number of carbonyl (C=O) groups excluding carboxylic acids is 1. The molecule has 35 heavy (non-hydrogen) atoms. The average Bonchev–Trinajstić information content (AvgIpc) is 3.25. The summed E-state index contributed by atoms with van der Waals surface area (Å²) in [6.07, 6.45) is 4.95. The predicted molar refractivity (Wildman–Crippen MR) is 138 cm³/mol. The Balaban J connectivity index is 1.65. The van der Waals surface area contributed by atoms with E-state index in [0.29, 0.717) is 48.1 Å². The van der Waals surface area contributed by atoms with Crippen molar-refractivity contribution in [3.8, 4) is 11.5 Å². The second kappa shape index (κ2) is 13.0. The topological polar surface area (TPSA) is 112 Å². The number of nitrogens with zero attached hydrogens (tertiary/aromatic N) is 4. The number of ether oxygens (including phenoxy) is 3. The van der Waals surface area contributed by atoms with E-state index in [4.69, 9.17) is 19.2 Å². The monoisotopic (exact) mass is 500 g/mol. The maximum atomic E-state index is 12.3. The van der Waals surface area contributed by atoms with Crippen LogP contribution < -0.4 is 20.1 Å². The van der Waals surface area contributed by atoms with Gasteiger partial charge in [0.2, 0.25) is 5.91 Å². The van der Waals surface area contributed by atoms with E-state index in [0.717, 1.165) is 22.4 Å². The van der Waals surface area contributed by atoms with Crippen LogP contribution in [0.3, 0.4) is 0 Å². The molecule has 0 unspecified atom stereocenters. The van der Waals surface area contributed by atoms with Gasteiger partial charge in [0.1, 0.15) is 5.82 Å². The van der Waals surface area contributed by atoms with E-state index in [1.165, 1.54) is 6.08 Å². The lowest BCUT2D eigenvalue weighted by molar-refractivity contribution is -0.116. The summed E-state index contributed by atoms with van der Waals surface area (Å²) in [6.45, 7) is 6.25. The van der Waals surface area contributed by atoms with Crippen molar-refractivity contribution in [3.63, 3.8) is 0 Å². The molecule has 0 saturated carbocycles.